The van der Waals surface area contributed by atoms with Gasteiger partial charge in [-0.15, -0.1) is 0 Å². The van der Waals surface area contributed by atoms with Gasteiger partial charge in [-0.05, 0) is 76.8 Å². The third-order valence-electron chi connectivity index (χ3n) is 4.59. The second kappa shape index (κ2) is 8.47. The Balaban J connectivity index is 1.96. The molecular weight excluding hydrogens is 386 g/mol. The number of anilines is 1. The molecule has 0 bridgehead atoms. The van der Waals surface area contributed by atoms with Crippen molar-refractivity contribution in [1.29, 1.82) is 0 Å². The molecule has 29 heavy (non-hydrogen) atoms. The third-order valence-corrected chi connectivity index (χ3v) is 6.26. The lowest BCUT2D eigenvalue weighted by molar-refractivity contribution is 0.243. The van der Waals surface area contributed by atoms with Crippen molar-refractivity contribution in [3.8, 4) is 5.75 Å². The molecule has 0 radical (unpaired) electrons. The Morgan fingerprint density at radius 2 is 1.90 bits per heavy atom. The Hall–Kier alpha value is -2.51. The highest BCUT2D eigenvalue weighted by Gasteiger charge is 2.21. The van der Waals surface area contributed by atoms with E-state index in [1.54, 1.807) is 30.5 Å². The second-order valence-electron chi connectivity index (χ2n) is 7.72. The number of aromatic nitrogens is 1. The Morgan fingerprint density at radius 1 is 1.14 bits per heavy atom. The minimum absolute atomic E-state index is 0.0568. The number of ether oxygens (including phenoxy) is 1. The van der Waals surface area contributed by atoms with Gasteiger partial charge in [-0.3, -0.25) is 0 Å². The van der Waals surface area contributed by atoms with Crippen LogP contribution >= 0.6 is 0 Å². The number of hydrogen-bond acceptors (Lipinski definition) is 5. The summed E-state index contributed by atoms with van der Waals surface area (Å²) >= 11 is 0. The molecule has 1 aromatic heterocycles. The zero-order chi connectivity index (χ0) is 21.2. The molecule has 0 spiro atoms. The van der Waals surface area contributed by atoms with E-state index in [0.717, 1.165) is 35.5 Å². The van der Waals surface area contributed by atoms with Crippen molar-refractivity contribution in [2.24, 2.45) is 0 Å². The number of rotatable bonds is 8. The molecule has 3 rings (SSSR count). The summed E-state index contributed by atoms with van der Waals surface area (Å²) in [6.07, 6.45) is 1.73. The van der Waals surface area contributed by atoms with Gasteiger partial charge in [0.15, 0.2) is 0 Å². The highest BCUT2D eigenvalue weighted by atomic mass is 32.2. The molecule has 0 saturated carbocycles. The van der Waals surface area contributed by atoms with Gasteiger partial charge in [0.1, 0.15) is 5.75 Å². The van der Waals surface area contributed by atoms with Crippen molar-refractivity contribution in [2.75, 3.05) is 32.5 Å². The first-order chi connectivity index (χ1) is 13.7. The highest BCUT2D eigenvalue weighted by Crippen LogP contribution is 2.29. The molecule has 0 fully saturated rings. The van der Waals surface area contributed by atoms with E-state index in [0.29, 0.717) is 5.52 Å². The van der Waals surface area contributed by atoms with E-state index in [9.17, 15) is 8.42 Å². The smallest absolute Gasteiger partial charge is 0.268 e. The van der Waals surface area contributed by atoms with Crippen molar-refractivity contribution >= 4 is 26.6 Å². The van der Waals surface area contributed by atoms with E-state index in [4.69, 9.17) is 4.74 Å². The van der Waals surface area contributed by atoms with Crippen molar-refractivity contribution in [1.82, 2.24) is 8.87 Å². The van der Waals surface area contributed by atoms with Gasteiger partial charge < -0.3 is 15.0 Å². The number of nitrogens with zero attached hydrogens (tertiary/aromatic N) is 2. The van der Waals surface area contributed by atoms with Crippen LogP contribution in [0.4, 0.5) is 5.69 Å². The van der Waals surface area contributed by atoms with Crippen LogP contribution < -0.4 is 10.1 Å². The predicted octanol–water partition coefficient (Wildman–Crippen LogP) is 3.95. The molecule has 0 atom stereocenters. The molecule has 0 unspecified atom stereocenters. The van der Waals surface area contributed by atoms with Gasteiger partial charge in [0, 0.05) is 30.4 Å². The summed E-state index contributed by atoms with van der Waals surface area (Å²) in [6.45, 7) is 7.44. The Bertz CT molecular complexity index is 1100. The van der Waals surface area contributed by atoms with Crippen LogP contribution in [0.3, 0.4) is 0 Å². The Kier molecular flexibility index (Phi) is 6.19. The van der Waals surface area contributed by atoms with E-state index in [-0.39, 0.29) is 11.0 Å². The number of nitrogens with one attached hydrogen (secondary N) is 1. The molecule has 0 aliphatic carbocycles. The maximum atomic E-state index is 13.4. The molecule has 0 aliphatic heterocycles. The fourth-order valence-electron chi connectivity index (χ4n) is 3.19. The Morgan fingerprint density at radius 3 is 2.59 bits per heavy atom. The van der Waals surface area contributed by atoms with Gasteiger partial charge in [-0.2, -0.15) is 0 Å². The monoisotopic (exact) mass is 415 g/mol. The van der Waals surface area contributed by atoms with E-state index in [1.807, 2.05) is 53.1 Å². The third kappa shape index (κ3) is 4.74. The average molecular weight is 416 g/mol. The van der Waals surface area contributed by atoms with Gasteiger partial charge in [-0.25, -0.2) is 12.4 Å². The summed E-state index contributed by atoms with van der Waals surface area (Å²) in [5, 5.41) is 4.14. The minimum Gasteiger partial charge on any atom is -0.491 e. The number of fused-ring (bicyclic) bond motifs is 1. The average Bonchev–Trinajstić information content (AvgIpc) is 2.98. The van der Waals surface area contributed by atoms with Crippen LogP contribution in [-0.2, 0) is 10.0 Å². The van der Waals surface area contributed by atoms with Gasteiger partial charge in [0.25, 0.3) is 10.0 Å². The predicted molar refractivity (Wildman–Crippen MR) is 119 cm³/mol. The molecule has 3 aromatic rings. The molecule has 1 N–H and O–H groups in total. The van der Waals surface area contributed by atoms with Crippen LogP contribution in [0.5, 0.6) is 5.75 Å². The van der Waals surface area contributed by atoms with Gasteiger partial charge >= 0.3 is 0 Å². The minimum atomic E-state index is -3.72. The van der Waals surface area contributed by atoms with E-state index in [1.165, 1.54) is 3.97 Å². The van der Waals surface area contributed by atoms with E-state index in [2.05, 4.69) is 10.2 Å². The normalized spacial score (nSPS) is 12.1. The fraction of sp³-hybridized carbons (Fsp3) is 0.364. The maximum Gasteiger partial charge on any atom is 0.268 e. The lowest BCUT2D eigenvalue weighted by Gasteiger charge is -2.13. The van der Waals surface area contributed by atoms with Crippen LogP contribution in [-0.4, -0.2) is 50.6 Å². The van der Waals surface area contributed by atoms with Crippen LogP contribution in [0.1, 0.15) is 19.4 Å². The summed E-state index contributed by atoms with van der Waals surface area (Å²) in [6, 6.07) is 12.5. The number of hydrogen-bond donors (Lipinski definition) is 1. The van der Waals surface area contributed by atoms with Gasteiger partial charge in [0.2, 0.25) is 0 Å². The van der Waals surface area contributed by atoms with E-state index >= 15 is 0 Å². The van der Waals surface area contributed by atoms with Crippen LogP contribution in [0.15, 0.2) is 53.6 Å². The summed E-state index contributed by atoms with van der Waals surface area (Å²) < 4.78 is 33.8. The topological polar surface area (TPSA) is 63.6 Å². The first-order valence-corrected chi connectivity index (χ1v) is 11.1. The van der Waals surface area contributed by atoms with Gasteiger partial charge in [-0.1, -0.05) is 6.07 Å². The molecule has 6 nitrogen and oxygen atoms in total. The SMILES string of the molecule is Cc1cn(S(=O)(=O)c2cccc(NCCN(C)C)c2)c2ccc(OC(C)C)cc12. The maximum absolute atomic E-state index is 13.4. The molecule has 156 valence electrons. The van der Waals surface area contributed by atoms with Crippen molar-refractivity contribution in [3.63, 3.8) is 0 Å². The second-order valence-corrected chi connectivity index (χ2v) is 9.53. The molecule has 0 saturated heterocycles. The zero-order valence-electron chi connectivity index (χ0n) is 17.6. The molecular formula is C22H29N3O3S. The van der Waals surface area contributed by atoms with Crippen molar-refractivity contribution in [3.05, 3.63) is 54.2 Å². The lowest BCUT2D eigenvalue weighted by Crippen LogP contribution is -2.21. The number of benzene rings is 2. The van der Waals surface area contributed by atoms with Crippen LogP contribution in [0.25, 0.3) is 10.9 Å². The first-order valence-electron chi connectivity index (χ1n) is 9.71. The number of aryl methyl sites for hydroxylation is 1. The summed E-state index contributed by atoms with van der Waals surface area (Å²) in [5.74, 6) is 0.734. The van der Waals surface area contributed by atoms with Crippen LogP contribution in [0, 0.1) is 6.92 Å². The summed E-state index contributed by atoms with van der Waals surface area (Å²) in [5.41, 5.74) is 2.32. The molecule has 0 amide bonds. The quantitative estimate of drug-likeness (QED) is 0.604. The molecule has 2 aromatic carbocycles. The fourth-order valence-corrected chi connectivity index (χ4v) is 4.66. The highest BCUT2D eigenvalue weighted by molar-refractivity contribution is 7.90. The van der Waals surface area contributed by atoms with Crippen LogP contribution in [0.2, 0.25) is 0 Å². The molecule has 1 heterocycles. The van der Waals surface area contributed by atoms with E-state index < -0.39 is 10.0 Å². The first kappa shape index (κ1) is 21.2. The Labute approximate surface area is 173 Å². The summed E-state index contributed by atoms with van der Waals surface area (Å²) in [7, 11) is 0.280. The number of likely N-dealkylation sites (N-methyl/N-ethyl adjacent to an activating group) is 1. The van der Waals surface area contributed by atoms with Crippen molar-refractivity contribution in [2.45, 2.75) is 31.8 Å². The zero-order valence-corrected chi connectivity index (χ0v) is 18.5. The largest absolute Gasteiger partial charge is 0.491 e. The molecule has 7 heteroatoms. The molecule has 0 aliphatic rings. The van der Waals surface area contributed by atoms with Gasteiger partial charge in [0.05, 0.1) is 16.5 Å². The summed E-state index contributed by atoms with van der Waals surface area (Å²) in [4.78, 5) is 2.33. The lowest BCUT2D eigenvalue weighted by atomic mass is 10.2. The van der Waals surface area contributed by atoms with Crippen molar-refractivity contribution < 1.29 is 13.2 Å². The standard InChI is InChI=1S/C22H29N3O3S/c1-16(2)28-19-9-10-22-21(14-19)17(3)15-25(22)29(26,27)20-8-6-7-18(13-20)23-11-12-24(4)5/h6-10,13-16,23H,11-12H2,1-5H3.